The van der Waals surface area contributed by atoms with Gasteiger partial charge < -0.3 is 19.4 Å². The van der Waals surface area contributed by atoms with Gasteiger partial charge in [-0.2, -0.15) is 0 Å². The van der Waals surface area contributed by atoms with Gasteiger partial charge in [-0.1, -0.05) is 12.1 Å². The van der Waals surface area contributed by atoms with Crippen molar-refractivity contribution < 1.29 is 9.53 Å². The summed E-state index contributed by atoms with van der Waals surface area (Å²) >= 11 is 0. The van der Waals surface area contributed by atoms with E-state index in [2.05, 4.69) is 44.0 Å². The van der Waals surface area contributed by atoms with Gasteiger partial charge in [0.25, 0.3) is 0 Å². The second-order valence-corrected chi connectivity index (χ2v) is 7.79. The van der Waals surface area contributed by atoms with Gasteiger partial charge in [0.05, 0.1) is 19.4 Å². The average molecular weight is 396 g/mol. The fourth-order valence-corrected chi connectivity index (χ4v) is 4.11. The lowest BCUT2D eigenvalue weighted by molar-refractivity contribution is -0.135. The SMILES string of the molecule is CN(Cc1ccc(N2CCOCC2)cc1)C(=O)C1CCN(c2cnccn2)CC1. The Hall–Kier alpha value is -2.67. The Balaban J connectivity index is 1.28. The molecule has 0 unspecified atom stereocenters. The van der Waals surface area contributed by atoms with Crippen molar-refractivity contribution in [3.05, 3.63) is 48.4 Å². The number of carbonyl (C=O) groups excluding carboxylic acids is 1. The summed E-state index contributed by atoms with van der Waals surface area (Å²) in [5.41, 5.74) is 2.39. The fourth-order valence-electron chi connectivity index (χ4n) is 4.11. The molecule has 2 saturated heterocycles. The highest BCUT2D eigenvalue weighted by Gasteiger charge is 2.27. The molecule has 0 aliphatic carbocycles. The number of benzene rings is 1. The molecule has 0 N–H and O–H groups in total. The van der Waals surface area contributed by atoms with Gasteiger partial charge in [-0.15, -0.1) is 0 Å². The van der Waals surface area contributed by atoms with E-state index in [4.69, 9.17) is 4.74 Å². The molecule has 2 aliphatic rings. The third-order valence-corrected chi connectivity index (χ3v) is 5.83. The van der Waals surface area contributed by atoms with E-state index >= 15 is 0 Å². The zero-order valence-corrected chi connectivity index (χ0v) is 17.0. The lowest BCUT2D eigenvalue weighted by Gasteiger charge is -2.33. The molecule has 0 atom stereocenters. The monoisotopic (exact) mass is 395 g/mol. The number of amides is 1. The third-order valence-electron chi connectivity index (χ3n) is 5.83. The summed E-state index contributed by atoms with van der Waals surface area (Å²) in [4.78, 5) is 27.8. The van der Waals surface area contributed by atoms with Crippen molar-refractivity contribution in [2.45, 2.75) is 19.4 Å². The number of ether oxygens (including phenoxy) is 1. The lowest BCUT2D eigenvalue weighted by Crippen LogP contribution is -2.41. The van der Waals surface area contributed by atoms with E-state index in [9.17, 15) is 4.79 Å². The Morgan fingerprint density at radius 1 is 1.07 bits per heavy atom. The van der Waals surface area contributed by atoms with Gasteiger partial charge in [-0.05, 0) is 30.5 Å². The first-order valence-corrected chi connectivity index (χ1v) is 10.4. The number of piperidine rings is 1. The van der Waals surface area contributed by atoms with Crippen molar-refractivity contribution in [1.82, 2.24) is 14.9 Å². The van der Waals surface area contributed by atoms with Crippen LogP contribution in [0.25, 0.3) is 0 Å². The Kier molecular flexibility index (Phi) is 6.24. The van der Waals surface area contributed by atoms with Gasteiger partial charge in [-0.3, -0.25) is 9.78 Å². The van der Waals surface area contributed by atoms with Crippen LogP contribution in [0, 0.1) is 5.92 Å². The molecule has 0 bridgehead atoms. The van der Waals surface area contributed by atoms with E-state index in [0.29, 0.717) is 6.54 Å². The largest absolute Gasteiger partial charge is 0.378 e. The Bertz CT molecular complexity index is 785. The topological polar surface area (TPSA) is 61.8 Å². The normalized spacial score (nSPS) is 18.0. The van der Waals surface area contributed by atoms with E-state index in [0.717, 1.165) is 63.6 Å². The standard InChI is InChI=1S/C22H29N5O2/c1-25(17-18-2-4-20(5-3-18)26-12-14-29-15-13-26)22(28)19-6-10-27(11-7-19)21-16-23-8-9-24-21/h2-5,8-9,16,19H,6-7,10-15,17H2,1H3. The molecule has 0 radical (unpaired) electrons. The molecule has 154 valence electrons. The highest BCUT2D eigenvalue weighted by molar-refractivity contribution is 5.79. The molecular weight excluding hydrogens is 366 g/mol. The van der Waals surface area contributed by atoms with Crippen LogP contribution in [-0.4, -0.2) is 67.2 Å². The number of carbonyl (C=O) groups is 1. The summed E-state index contributed by atoms with van der Waals surface area (Å²) in [5, 5.41) is 0. The molecule has 1 aromatic heterocycles. The summed E-state index contributed by atoms with van der Waals surface area (Å²) in [5.74, 6) is 1.22. The Morgan fingerprint density at radius 3 is 2.45 bits per heavy atom. The van der Waals surface area contributed by atoms with Gasteiger partial charge in [0.1, 0.15) is 5.82 Å². The van der Waals surface area contributed by atoms with Gasteiger partial charge in [0.15, 0.2) is 0 Å². The fraction of sp³-hybridized carbons (Fsp3) is 0.500. The molecule has 2 fully saturated rings. The number of hydrogen-bond donors (Lipinski definition) is 0. The van der Waals surface area contributed by atoms with Crippen LogP contribution in [0.3, 0.4) is 0 Å². The van der Waals surface area contributed by atoms with Crippen LogP contribution < -0.4 is 9.80 Å². The maximum atomic E-state index is 12.9. The van der Waals surface area contributed by atoms with Gasteiger partial charge in [-0.25, -0.2) is 4.98 Å². The first kappa shape index (κ1) is 19.6. The number of anilines is 2. The van der Waals surface area contributed by atoms with Crippen LogP contribution >= 0.6 is 0 Å². The molecule has 1 aromatic carbocycles. The smallest absolute Gasteiger partial charge is 0.225 e. The minimum atomic E-state index is 0.0838. The van der Waals surface area contributed by atoms with Gasteiger partial charge >= 0.3 is 0 Å². The van der Waals surface area contributed by atoms with Crippen molar-refractivity contribution in [3.8, 4) is 0 Å². The van der Waals surface area contributed by atoms with Crippen LogP contribution in [0.4, 0.5) is 11.5 Å². The molecule has 7 heteroatoms. The number of rotatable bonds is 5. The van der Waals surface area contributed by atoms with Crippen LogP contribution in [0.1, 0.15) is 18.4 Å². The summed E-state index contributed by atoms with van der Waals surface area (Å²) < 4.78 is 5.42. The molecule has 0 saturated carbocycles. The zero-order valence-electron chi connectivity index (χ0n) is 17.0. The van der Waals surface area contributed by atoms with E-state index in [1.54, 1.807) is 18.6 Å². The van der Waals surface area contributed by atoms with Gasteiger partial charge in [0.2, 0.25) is 5.91 Å². The molecule has 3 heterocycles. The highest BCUT2D eigenvalue weighted by Crippen LogP contribution is 2.23. The molecule has 29 heavy (non-hydrogen) atoms. The summed E-state index contributed by atoms with van der Waals surface area (Å²) in [6.07, 6.45) is 6.90. The molecule has 4 rings (SSSR count). The average Bonchev–Trinajstić information content (AvgIpc) is 2.80. The van der Waals surface area contributed by atoms with Crippen LogP contribution in [-0.2, 0) is 16.1 Å². The minimum Gasteiger partial charge on any atom is -0.378 e. The van der Waals surface area contributed by atoms with E-state index in [-0.39, 0.29) is 11.8 Å². The second kappa shape index (κ2) is 9.22. The maximum absolute atomic E-state index is 12.9. The summed E-state index contributed by atoms with van der Waals surface area (Å²) in [6.45, 7) is 5.78. The number of hydrogen-bond acceptors (Lipinski definition) is 6. The van der Waals surface area contributed by atoms with E-state index in [1.807, 2.05) is 11.9 Å². The molecule has 0 spiro atoms. The molecule has 7 nitrogen and oxygen atoms in total. The predicted octanol–water partition coefficient (Wildman–Crippen LogP) is 2.19. The van der Waals surface area contributed by atoms with Crippen LogP contribution in [0.5, 0.6) is 0 Å². The van der Waals surface area contributed by atoms with Crippen LogP contribution in [0.15, 0.2) is 42.9 Å². The first-order chi connectivity index (χ1) is 14.2. The maximum Gasteiger partial charge on any atom is 0.225 e. The quantitative estimate of drug-likeness (QED) is 0.773. The van der Waals surface area contributed by atoms with Crippen molar-refractivity contribution in [2.75, 3.05) is 56.2 Å². The minimum absolute atomic E-state index is 0.0838. The van der Waals surface area contributed by atoms with Crippen molar-refractivity contribution >= 4 is 17.4 Å². The van der Waals surface area contributed by atoms with Crippen LogP contribution in [0.2, 0.25) is 0 Å². The summed E-state index contributed by atoms with van der Waals surface area (Å²) in [6, 6.07) is 8.56. The zero-order chi connectivity index (χ0) is 20.1. The van der Waals surface area contributed by atoms with Crippen molar-refractivity contribution in [2.24, 2.45) is 5.92 Å². The molecular formula is C22H29N5O2. The van der Waals surface area contributed by atoms with E-state index < -0.39 is 0 Å². The molecule has 1 amide bonds. The Morgan fingerprint density at radius 2 is 1.79 bits per heavy atom. The van der Waals surface area contributed by atoms with Gasteiger partial charge in [0, 0.05) is 63.8 Å². The number of morpholine rings is 1. The Labute approximate surface area is 172 Å². The number of nitrogens with zero attached hydrogens (tertiary/aromatic N) is 5. The first-order valence-electron chi connectivity index (χ1n) is 10.4. The molecule has 2 aromatic rings. The molecule has 2 aliphatic heterocycles. The third kappa shape index (κ3) is 4.85. The second-order valence-electron chi connectivity index (χ2n) is 7.79. The number of aromatic nitrogens is 2. The summed E-state index contributed by atoms with van der Waals surface area (Å²) in [7, 11) is 1.91. The predicted molar refractivity (Wildman–Crippen MR) is 113 cm³/mol. The lowest BCUT2D eigenvalue weighted by atomic mass is 9.95. The van der Waals surface area contributed by atoms with Crippen molar-refractivity contribution in [3.63, 3.8) is 0 Å². The van der Waals surface area contributed by atoms with E-state index in [1.165, 1.54) is 5.69 Å². The highest BCUT2D eigenvalue weighted by atomic mass is 16.5. The van der Waals surface area contributed by atoms with Crippen molar-refractivity contribution in [1.29, 1.82) is 0 Å².